The van der Waals surface area contributed by atoms with Crippen LogP contribution in [-0.2, 0) is 12.1 Å². The van der Waals surface area contributed by atoms with Crippen molar-refractivity contribution in [3.63, 3.8) is 0 Å². The fraction of sp³-hybridized carbons (Fsp3) is 0.194. The molecule has 1 saturated carbocycles. The lowest BCUT2D eigenvalue weighted by Gasteiger charge is -2.30. The number of imidazole rings is 1. The molecule has 1 heterocycles. The van der Waals surface area contributed by atoms with Crippen LogP contribution in [0.1, 0.15) is 52.9 Å². The van der Waals surface area contributed by atoms with Crippen molar-refractivity contribution >= 4 is 34.2 Å². The van der Waals surface area contributed by atoms with E-state index in [9.17, 15) is 10.2 Å². The smallest absolute Gasteiger partial charge is 0.140 e. The average molecular weight is 529 g/mol. The summed E-state index contributed by atoms with van der Waals surface area (Å²) in [6.45, 7) is 0.385. The molecule has 5 aromatic rings. The van der Waals surface area contributed by atoms with Gasteiger partial charge in [-0.2, -0.15) is 0 Å². The van der Waals surface area contributed by atoms with Gasteiger partial charge in [0, 0.05) is 16.0 Å². The molecule has 0 saturated heterocycles. The number of hydrogen-bond acceptors (Lipinski definition) is 3. The van der Waals surface area contributed by atoms with Crippen LogP contribution in [0.5, 0.6) is 0 Å². The molecule has 0 spiro atoms. The van der Waals surface area contributed by atoms with E-state index in [-0.39, 0.29) is 0 Å². The summed E-state index contributed by atoms with van der Waals surface area (Å²) >= 11 is 12.4. The van der Waals surface area contributed by atoms with Crippen molar-refractivity contribution in [2.24, 2.45) is 0 Å². The molecule has 1 aromatic heterocycles. The zero-order chi connectivity index (χ0) is 25.6. The summed E-state index contributed by atoms with van der Waals surface area (Å²) in [5.41, 5.74) is 3.23. The summed E-state index contributed by atoms with van der Waals surface area (Å²) in [5.74, 6) is 1.38. The van der Waals surface area contributed by atoms with Gasteiger partial charge in [-0.05, 0) is 71.5 Å². The predicted octanol–water partition coefficient (Wildman–Crippen LogP) is 7.24. The van der Waals surface area contributed by atoms with E-state index in [1.54, 1.807) is 24.3 Å². The molecule has 2 N–H and O–H groups in total. The molecular formula is C31H26Cl2N2O2. The van der Waals surface area contributed by atoms with Crippen LogP contribution in [0.4, 0.5) is 0 Å². The van der Waals surface area contributed by atoms with Gasteiger partial charge in [0.05, 0.1) is 23.7 Å². The molecular weight excluding hydrogens is 503 g/mol. The van der Waals surface area contributed by atoms with E-state index in [0.29, 0.717) is 39.2 Å². The average Bonchev–Trinajstić information content (AvgIpc) is 3.71. The van der Waals surface area contributed by atoms with Crippen LogP contribution in [0.3, 0.4) is 0 Å². The highest BCUT2D eigenvalue weighted by molar-refractivity contribution is 6.30. The number of rotatable bonds is 7. The van der Waals surface area contributed by atoms with E-state index in [1.807, 2.05) is 72.8 Å². The third-order valence-corrected chi connectivity index (χ3v) is 7.71. The summed E-state index contributed by atoms with van der Waals surface area (Å²) in [7, 11) is 0. The highest BCUT2D eigenvalue weighted by atomic mass is 35.5. The molecule has 0 radical (unpaired) electrons. The van der Waals surface area contributed by atoms with Crippen LogP contribution in [-0.4, -0.2) is 19.8 Å². The van der Waals surface area contributed by atoms with E-state index in [4.69, 9.17) is 28.2 Å². The number of aliphatic hydroxyl groups is 2. The van der Waals surface area contributed by atoms with Crippen LogP contribution in [0.15, 0.2) is 97.1 Å². The number of aromatic nitrogens is 2. The molecule has 4 aromatic carbocycles. The molecule has 0 aliphatic heterocycles. The number of hydrogen-bond donors (Lipinski definition) is 2. The lowest BCUT2D eigenvalue weighted by atomic mass is 9.80. The topological polar surface area (TPSA) is 58.3 Å². The fourth-order valence-electron chi connectivity index (χ4n) is 5.05. The molecule has 1 fully saturated rings. The van der Waals surface area contributed by atoms with E-state index in [1.165, 1.54) is 0 Å². The number of nitrogens with zero attached hydrogens (tertiary/aromatic N) is 2. The maximum atomic E-state index is 12.4. The second-order valence-electron chi connectivity index (χ2n) is 9.71. The number of halogens is 2. The molecule has 37 heavy (non-hydrogen) atoms. The van der Waals surface area contributed by atoms with Crippen LogP contribution in [0.2, 0.25) is 10.0 Å². The molecule has 1 aliphatic rings. The minimum atomic E-state index is -1.45. The van der Waals surface area contributed by atoms with Crippen molar-refractivity contribution in [2.75, 3.05) is 0 Å². The quantitative estimate of drug-likeness (QED) is 0.219. The Labute approximate surface area is 225 Å². The minimum Gasteiger partial charge on any atom is -0.387 e. The maximum Gasteiger partial charge on any atom is 0.140 e. The van der Waals surface area contributed by atoms with Crippen molar-refractivity contribution < 1.29 is 10.2 Å². The van der Waals surface area contributed by atoms with Gasteiger partial charge in [-0.3, -0.25) is 0 Å². The van der Waals surface area contributed by atoms with E-state index < -0.39 is 11.7 Å². The Hall–Kier alpha value is -3.15. The third kappa shape index (κ3) is 4.55. The Morgan fingerprint density at radius 1 is 0.811 bits per heavy atom. The van der Waals surface area contributed by atoms with Crippen molar-refractivity contribution in [1.82, 2.24) is 9.55 Å². The first-order valence-corrected chi connectivity index (χ1v) is 13.2. The van der Waals surface area contributed by atoms with Gasteiger partial charge in [0.1, 0.15) is 11.4 Å². The third-order valence-electron chi connectivity index (χ3n) is 7.20. The molecule has 6 heteroatoms. The highest BCUT2D eigenvalue weighted by Gasteiger charge is 2.36. The van der Waals surface area contributed by atoms with Crippen molar-refractivity contribution in [3.05, 3.63) is 135 Å². The van der Waals surface area contributed by atoms with Gasteiger partial charge < -0.3 is 14.8 Å². The van der Waals surface area contributed by atoms with Gasteiger partial charge in [0.25, 0.3) is 0 Å². The molecule has 6 rings (SSSR count). The molecule has 1 aliphatic carbocycles. The zero-order valence-corrected chi connectivity index (χ0v) is 21.6. The Kier molecular flexibility index (Phi) is 6.29. The summed E-state index contributed by atoms with van der Waals surface area (Å²) in [6.07, 6.45) is 1.51. The standard InChI is InChI=1S/C31H26Cl2N2O2/c32-25-13-8-22(9-14-25)31(37,23-10-15-26(33)16-11-23)24-12-17-27-28(18-24)35(30(34-27)21-6-7-21)19-29(36)20-4-2-1-3-5-20/h1-5,8-18,21,29,36-37H,6-7,19H2/t29-/m0/s1. The second kappa shape index (κ2) is 9.62. The first-order valence-electron chi connectivity index (χ1n) is 12.4. The van der Waals surface area contributed by atoms with Crippen molar-refractivity contribution in [2.45, 2.75) is 37.0 Å². The van der Waals surface area contributed by atoms with E-state index in [0.717, 1.165) is 35.3 Å². The van der Waals surface area contributed by atoms with E-state index in [2.05, 4.69) is 4.57 Å². The van der Waals surface area contributed by atoms with Gasteiger partial charge in [0.15, 0.2) is 0 Å². The highest BCUT2D eigenvalue weighted by Crippen LogP contribution is 2.43. The lowest BCUT2D eigenvalue weighted by molar-refractivity contribution is 0.126. The fourth-order valence-corrected chi connectivity index (χ4v) is 5.30. The van der Waals surface area contributed by atoms with Crippen LogP contribution < -0.4 is 0 Å². The number of fused-ring (bicyclic) bond motifs is 1. The van der Waals surface area contributed by atoms with Crippen LogP contribution in [0.25, 0.3) is 11.0 Å². The Morgan fingerprint density at radius 2 is 1.38 bits per heavy atom. The first-order chi connectivity index (χ1) is 17.9. The summed E-state index contributed by atoms with van der Waals surface area (Å²) < 4.78 is 2.12. The van der Waals surface area contributed by atoms with Crippen molar-refractivity contribution in [3.8, 4) is 0 Å². The van der Waals surface area contributed by atoms with Gasteiger partial charge >= 0.3 is 0 Å². The molecule has 0 unspecified atom stereocenters. The monoisotopic (exact) mass is 528 g/mol. The van der Waals surface area contributed by atoms with Crippen LogP contribution in [0, 0.1) is 0 Å². The summed E-state index contributed by atoms with van der Waals surface area (Å²) in [4.78, 5) is 4.95. The minimum absolute atomic E-state index is 0.385. The SMILES string of the molecule is O[C@@H](Cn1c(C2CC2)nc2ccc(C(O)(c3ccc(Cl)cc3)c3ccc(Cl)cc3)cc21)c1ccccc1. The Balaban J connectivity index is 1.51. The van der Waals surface area contributed by atoms with E-state index >= 15 is 0 Å². The van der Waals surface area contributed by atoms with Gasteiger partial charge in [0.2, 0.25) is 0 Å². The van der Waals surface area contributed by atoms with Gasteiger partial charge in [-0.15, -0.1) is 0 Å². The molecule has 0 bridgehead atoms. The van der Waals surface area contributed by atoms with Gasteiger partial charge in [-0.1, -0.05) is 83.9 Å². The summed E-state index contributed by atoms with van der Waals surface area (Å²) in [6, 6.07) is 30.0. The Bertz CT molecular complexity index is 1500. The first kappa shape index (κ1) is 24.2. The number of aliphatic hydroxyl groups excluding tert-OH is 1. The number of benzene rings is 4. The molecule has 0 amide bonds. The van der Waals surface area contributed by atoms with Crippen molar-refractivity contribution in [1.29, 1.82) is 0 Å². The Morgan fingerprint density at radius 3 is 1.95 bits per heavy atom. The largest absolute Gasteiger partial charge is 0.387 e. The van der Waals surface area contributed by atoms with Gasteiger partial charge in [-0.25, -0.2) is 4.98 Å². The lowest BCUT2D eigenvalue weighted by Crippen LogP contribution is -2.29. The normalized spacial score (nSPS) is 14.7. The zero-order valence-electron chi connectivity index (χ0n) is 20.1. The van der Waals surface area contributed by atoms with Crippen LogP contribution >= 0.6 is 23.2 Å². The second-order valence-corrected chi connectivity index (χ2v) is 10.6. The molecule has 1 atom stereocenters. The maximum absolute atomic E-state index is 12.4. The molecule has 4 nitrogen and oxygen atoms in total. The predicted molar refractivity (Wildman–Crippen MR) is 148 cm³/mol. The molecule has 186 valence electrons. The summed E-state index contributed by atoms with van der Waals surface area (Å²) in [5, 5.41) is 24.7.